The Kier molecular flexibility index (Phi) is 5.92. The van der Waals surface area contributed by atoms with E-state index in [4.69, 9.17) is 9.90 Å². The molecule has 1 saturated heterocycles. The zero-order valence-corrected chi connectivity index (χ0v) is 17.5. The molecule has 1 fully saturated rings. The fourth-order valence-corrected chi connectivity index (χ4v) is 5.36. The van der Waals surface area contributed by atoms with Gasteiger partial charge in [0, 0.05) is 34.6 Å². The highest BCUT2D eigenvalue weighted by Crippen LogP contribution is 2.44. The highest BCUT2D eigenvalue weighted by Gasteiger charge is 2.29. The maximum absolute atomic E-state index is 8.36. The Morgan fingerprint density at radius 1 is 1.26 bits per heavy atom. The summed E-state index contributed by atoms with van der Waals surface area (Å²) in [7, 11) is 2.05. The van der Waals surface area contributed by atoms with Crippen molar-refractivity contribution >= 4 is 23.5 Å². The van der Waals surface area contributed by atoms with Gasteiger partial charge in [0.25, 0.3) is 6.47 Å². The summed E-state index contributed by atoms with van der Waals surface area (Å²) in [6, 6.07) is 9.88. The first-order valence-corrected chi connectivity index (χ1v) is 10.4. The third-order valence-electron chi connectivity index (χ3n) is 5.82. The molecule has 0 saturated carbocycles. The van der Waals surface area contributed by atoms with Gasteiger partial charge < -0.3 is 15.3 Å². The topological polar surface area (TPSA) is 52.6 Å². The number of carboxylic acid groups (broad SMARTS) is 1. The third-order valence-corrected chi connectivity index (χ3v) is 7.27. The molecule has 0 spiro atoms. The minimum absolute atomic E-state index is 0.250. The molecule has 0 radical (unpaired) electrons. The summed E-state index contributed by atoms with van der Waals surface area (Å²) >= 11 is 2.03. The maximum Gasteiger partial charge on any atom is 0.290 e. The van der Waals surface area contributed by atoms with E-state index in [9.17, 15) is 0 Å². The largest absolute Gasteiger partial charge is 0.483 e. The lowest BCUT2D eigenvalue weighted by molar-refractivity contribution is -0.122. The average Bonchev–Trinajstić information content (AvgIpc) is 2.91. The van der Waals surface area contributed by atoms with Crippen LogP contribution in [0, 0.1) is 12.3 Å². The molecule has 5 heteroatoms. The molecular formula is C22H30N2O2S. The van der Waals surface area contributed by atoms with E-state index in [1.165, 1.54) is 41.0 Å². The van der Waals surface area contributed by atoms with E-state index in [0.717, 1.165) is 13.1 Å². The number of fused-ring (bicyclic) bond motifs is 1. The minimum atomic E-state index is -0.250. The van der Waals surface area contributed by atoms with Gasteiger partial charge in [-0.3, -0.25) is 4.79 Å². The van der Waals surface area contributed by atoms with Crippen LogP contribution in [0.4, 0.5) is 5.69 Å². The lowest BCUT2D eigenvalue weighted by atomic mass is 9.76. The van der Waals surface area contributed by atoms with Crippen LogP contribution >= 0.6 is 11.3 Å². The van der Waals surface area contributed by atoms with Gasteiger partial charge in [-0.25, -0.2) is 0 Å². The predicted molar refractivity (Wildman–Crippen MR) is 114 cm³/mol. The minimum Gasteiger partial charge on any atom is -0.483 e. The molecule has 4 rings (SSSR count). The molecule has 146 valence electrons. The molecule has 1 aliphatic heterocycles. The van der Waals surface area contributed by atoms with Gasteiger partial charge in [0.2, 0.25) is 0 Å². The second-order valence-corrected chi connectivity index (χ2v) is 9.45. The standard InChI is InChI=1S/C21H28N2S.CH2O2/c1-14-18-11-21(2,3)10-9-19(18)24-20(14)15-5-7-17(8-6-15)23-12-16(13-23)22-4;2-1-3/h5-8,16,22H,9-13H2,1-4H3;1H,(H,2,3). The zero-order chi connectivity index (χ0) is 19.6. The fraction of sp³-hybridized carbons (Fsp3) is 0.500. The van der Waals surface area contributed by atoms with Gasteiger partial charge in [-0.1, -0.05) is 26.0 Å². The summed E-state index contributed by atoms with van der Waals surface area (Å²) in [6.07, 6.45) is 3.81. The predicted octanol–water partition coefficient (Wildman–Crippen LogP) is 4.35. The smallest absolute Gasteiger partial charge is 0.290 e. The van der Waals surface area contributed by atoms with Gasteiger partial charge in [-0.15, -0.1) is 11.3 Å². The van der Waals surface area contributed by atoms with Crippen LogP contribution in [-0.4, -0.2) is 37.8 Å². The Hall–Kier alpha value is -1.85. The Balaban J connectivity index is 0.000000659. The molecule has 2 aromatic rings. The van der Waals surface area contributed by atoms with Crippen LogP contribution < -0.4 is 10.2 Å². The lowest BCUT2D eigenvalue weighted by Crippen LogP contribution is -2.57. The molecule has 2 aliphatic rings. The molecule has 1 aromatic heterocycles. The molecule has 0 bridgehead atoms. The molecule has 0 unspecified atom stereocenters. The lowest BCUT2D eigenvalue weighted by Gasteiger charge is -2.40. The summed E-state index contributed by atoms with van der Waals surface area (Å²) in [4.78, 5) is 13.9. The molecule has 2 heterocycles. The van der Waals surface area contributed by atoms with Crippen LogP contribution in [0.3, 0.4) is 0 Å². The zero-order valence-electron chi connectivity index (χ0n) is 16.7. The number of carbonyl (C=O) groups is 1. The molecule has 27 heavy (non-hydrogen) atoms. The first-order chi connectivity index (χ1) is 12.9. The van der Waals surface area contributed by atoms with Gasteiger partial charge >= 0.3 is 0 Å². The van der Waals surface area contributed by atoms with Crippen molar-refractivity contribution in [3.05, 3.63) is 40.3 Å². The summed E-state index contributed by atoms with van der Waals surface area (Å²) in [6.45, 7) is 9.14. The van der Waals surface area contributed by atoms with Crippen molar-refractivity contribution in [1.29, 1.82) is 0 Å². The first kappa shape index (κ1) is 19.9. The van der Waals surface area contributed by atoms with Crippen LogP contribution in [0.15, 0.2) is 24.3 Å². The quantitative estimate of drug-likeness (QED) is 0.770. The number of aryl methyl sites for hydroxylation is 1. The molecule has 1 aliphatic carbocycles. The number of hydrogen-bond acceptors (Lipinski definition) is 4. The summed E-state index contributed by atoms with van der Waals surface area (Å²) in [5.74, 6) is 0. The van der Waals surface area contributed by atoms with Crippen molar-refractivity contribution in [2.75, 3.05) is 25.0 Å². The van der Waals surface area contributed by atoms with Crippen molar-refractivity contribution < 1.29 is 9.90 Å². The molecule has 4 nitrogen and oxygen atoms in total. The Morgan fingerprint density at radius 2 is 1.89 bits per heavy atom. The van der Waals surface area contributed by atoms with E-state index in [-0.39, 0.29) is 6.47 Å². The molecule has 0 amide bonds. The molecular weight excluding hydrogens is 356 g/mol. The highest BCUT2D eigenvalue weighted by molar-refractivity contribution is 7.15. The first-order valence-electron chi connectivity index (χ1n) is 9.60. The Bertz CT molecular complexity index is 789. The van der Waals surface area contributed by atoms with Crippen LogP contribution in [-0.2, 0) is 17.6 Å². The summed E-state index contributed by atoms with van der Waals surface area (Å²) in [5.41, 5.74) is 6.36. The van der Waals surface area contributed by atoms with Crippen LogP contribution in [0.2, 0.25) is 0 Å². The summed E-state index contributed by atoms with van der Waals surface area (Å²) in [5, 5.41) is 10.2. The average molecular weight is 387 g/mol. The highest BCUT2D eigenvalue weighted by atomic mass is 32.1. The number of rotatable bonds is 3. The number of nitrogens with zero attached hydrogens (tertiary/aromatic N) is 1. The van der Waals surface area contributed by atoms with Crippen molar-refractivity contribution in [3.63, 3.8) is 0 Å². The number of thiophene rings is 1. The van der Waals surface area contributed by atoms with Crippen molar-refractivity contribution in [3.8, 4) is 10.4 Å². The SMILES string of the molecule is CNC1CN(c2ccc(-c3sc4c(c3C)CC(C)(C)CC4)cc2)C1.O=CO. The van der Waals surface area contributed by atoms with Crippen molar-refractivity contribution in [2.24, 2.45) is 5.41 Å². The molecule has 1 aromatic carbocycles. The van der Waals surface area contributed by atoms with E-state index in [1.54, 1.807) is 10.4 Å². The monoisotopic (exact) mass is 386 g/mol. The second kappa shape index (κ2) is 8.03. The number of hydrogen-bond donors (Lipinski definition) is 2. The van der Waals surface area contributed by atoms with E-state index in [2.05, 4.69) is 55.3 Å². The van der Waals surface area contributed by atoms with Gasteiger partial charge in [0.05, 0.1) is 0 Å². The van der Waals surface area contributed by atoms with Crippen molar-refractivity contribution in [2.45, 2.75) is 46.1 Å². The van der Waals surface area contributed by atoms with Crippen molar-refractivity contribution in [1.82, 2.24) is 5.32 Å². The van der Waals surface area contributed by atoms with E-state index in [1.807, 2.05) is 18.4 Å². The maximum atomic E-state index is 8.36. The molecule has 2 N–H and O–H groups in total. The Labute approximate surface area is 166 Å². The van der Waals surface area contributed by atoms with E-state index >= 15 is 0 Å². The van der Waals surface area contributed by atoms with Crippen LogP contribution in [0.5, 0.6) is 0 Å². The van der Waals surface area contributed by atoms with E-state index in [0.29, 0.717) is 11.5 Å². The van der Waals surface area contributed by atoms with Crippen LogP contribution in [0.1, 0.15) is 36.3 Å². The van der Waals surface area contributed by atoms with Crippen LogP contribution in [0.25, 0.3) is 10.4 Å². The second-order valence-electron chi connectivity index (χ2n) is 8.34. The third kappa shape index (κ3) is 4.19. The van der Waals surface area contributed by atoms with Gasteiger partial charge in [-0.05, 0) is 67.5 Å². The fourth-order valence-electron chi connectivity index (χ4n) is 4.03. The summed E-state index contributed by atoms with van der Waals surface area (Å²) < 4.78 is 0. The Morgan fingerprint density at radius 3 is 2.48 bits per heavy atom. The number of benzene rings is 1. The number of likely N-dealkylation sites (N-methyl/N-ethyl adjacent to an activating group) is 1. The van der Waals surface area contributed by atoms with Gasteiger partial charge in [0.1, 0.15) is 0 Å². The van der Waals surface area contributed by atoms with Gasteiger partial charge in [-0.2, -0.15) is 0 Å². The van der Waals surface area contributed by atoms with E-state index < -0.39 is 0 Å². The number of nitrogens with one attached hydrogen (secondary N) is 1. The number of anilines is 1. The normalized spacial score (nSPS) is 18.1. The van der Waals surface area contributed by atoms with Gasteiger partial charge in [0.15, 0.2) is 0 Å². The molecule has 0 atom stereocenters.